The number of hydrogen-bond acceptors (Lipinski definition) is 7. The topological polar surface area (TPSA) is 108 Å². The van der Waals surface area contributed by atoms with Gasteiger partial charge in [0.1, 0.15) is 5.75 Å². The third kappa shape index (κ3) is 8.30. The Hall–Kier alpha value is -1.39. The number of fused-ring (bicyclic) bond motifs is 1. The summed E-state index contributed by atoms with van der Waals surface area (Å²) < 4.78 is 34.0. The first-order chi connectivity index (χ1) is 17.6. The number of aromatic nitrogens is 3. The van der Waals surface area contributed by atoms with Crippen LogP contribution in [0.5, 0.6) is 5.75 Å². The minimum atomic E-state index is -3.51. The number of nitrogens with two attached hydrogens (primary N) is 1. The maximum absolute atomic E-state index is 12.8. The van der Waals surface area contributed by atoms with E-state index in [0.29, 0.717) is 19.5 Å². The van der Waals surface area contributed by atoms with E-state index in [4.69, 9.17) is 42.7 Å². The monoisotopic (exact) mass is 576 g/mol. The van der Waals surface area contributed by atoms with Crippen molar-refractivity contribution in [1.29, 1.82) is 0 Å². The molecule has 1 aromatic heterocycles. The predicted octanol–water partition coefficient (Wildman–Crippen LogP) is 4.50. The second kappa shape index (κ2) is 13.6. The van der Waals surface area contributed by atoms with Crippen LogP contribution in [0, 0.1) is 0 Å². The summed E-state index contributed by atoms with van der Waals surface area (Å²) in [5.41, 5.74) is 8.47. The molecule has 0 saturated carbocycles. The largest absolute Gasteiger partial charge is 0.464 e. The Morgan fingerprint density at radius 1 is 1.24 bits per heavy atom. The lowest BCUT2D eigenvalue weighted by molar-refractivity contribution is -0.186. The van der Waals surface area contributed by atoms with E-state index < -0.39 is 19.6 Å². The fraction of sp³-hybridized carbons (Fsp3) is 0.667. The number of alkyl halides is 2. The molecule has 0 saturated heterocycles. The van der Waals surface area contributed by atoms with Gasteiger partial charge in [0.2, 0.25) is 6.29 Å². The molecular formula is C24H39Cl2N6O4P. The van der Waals surface area contributed by atoms with E-state index >= 15 is 0 Å². The summed E-state index contributed by atoms with van der Waals surface area (Å²) in [5.74, 6) is 1.32. The zero-order chi connectivity index (χ0) is 27.1. The van der Waals surface area contributed by atoms with Crippen molar-refractivity contribution in [2.45, 2.75) is 51.9 Å². The Bertz CT molecular complexity index is 1050. The molecule has 0 bridgehead atoms. The highest BCUT2D eigenvalue weighted by atomic mass is 35.5. The van der Waals surface area contributed by atoms with Gasteiger partial charge < -0.3 is 18.9 Å². The molecule has 1 aliphatic heterocycles. The fourth-order valence-corrected chi connectivity index (χ4v) is 6.27. The van der Waals surface area contributed by atoms with Crippen LogP contribution in [0.2, 0.25) is 0 Å². The summed E-state index contributed by atoms with van der Waals surface area (Å²) in [6.07, 6.45) is 3.61. The van der Waals surface area contributed by atoms with E-state index in [1.165, 1.54) is 4.67 Å². The van der Waals surface area contributed by atoms with Crippen molar-refractivity contribution in [1.82, 2.24) is 19.7 Å². The van der Waals surface area contributed by atoms with Gasteiger partial charge in [-0.25, -0.2) is 10.2 Å². The van der Waals surface area contributed by atoms with Crippen LogP contribution in [0.3, 0.4) is 0 Å². The first-order valence-electron chi connectivity index (χ1n) is 12.6. The van der Waals surface area contributed by atoms with Crippen LogP contribution in [0.15, 0.2) is 24.4 Å². The van der Waals surface area contributed by atoms with E-state index in [1.807, 2.05) is 33.2 Å². The first-order valence-corrected chi connectivity index (χ1v) is 15.3. The summed E-state index contributed by atoms with van der Waals surface area (Å²) in [5, 5.41) is 8.17. The van der Waals surface area contributed by atoms with Gasteiger partial charge in [-0.1, -0.05) is 5.21 Å². The van der Waals surface area contributed by atoms with Gasteiger partial charge in [-0.2, -0.15) is 0 Å². The SMILES string of the molecule is CCN(CCCc1cn(C)nn1)c1ccc2c(c1)C(C)(C)OC(CCOP(N)(=O)N(CCCl)CCCl)O2. The molecule has 0 amide bonds. The quantitative estimate of drug-likeness (QED) is 0.242. The molecule has 1 aromatic carbocycles. The van der Waals surface area contributed by atoms with Crippen molar-refractivity contribution in [3.63, 3.8) is 0 Å². The van der Waals surface area contributed by atoms with Crippen molar-refractivity contribution < 1.29 is 18.6 Å². The third-order valence-electron chi connectivity index (χ3n) is 6.26. The van der Waals surface area contributed by atoms with Crippen LogP contribution in [0.1, 0.15) is 44.9 Å². The van der Waals surface area contributed by atoms with E-state index in [2.05, 4.69) is 34.3 Å². The highest BCUT2D eigenvalue weighted by Gasteiger charge is 2.36. The van der Waals surface area contributed by atoms with E-state index in [0.717, 1.165) is 48.6 Å². The lowest BCUT2D eigenvalue weighted by Crippen LogP contribution is -2.38. The lowest BCUT2D eigenvalue weighted by atomic mass is 9.94. The van der Waals surface area contributed by atoms with Gasteiger partial charge in [-0.15, -0.1) is 28.3 Å². The molecule has 37 heavy (non-hydrogen) atoms. The minimum Gasteiger partial charge on any atom is -0.464 e. The standard InChI is InChI=1S/C24H39Cl2N6O4P/c1-5-31(13-6-7-19-18-30(4)29-28-19)20-8-9-22-21(17-20)24(2,3)36-23(35-22)10-16-34-37(27,33)32(14-11-25)15-12-26/h8-9,17-18,23H,5-7,10-16H2,1-4H3,(H2,27,33). The highest BCUT2D eigenvalue weighted by molar-refractivity contribution is 7.53. The predicted molar refractivity (Wildman–Crippen MR) is 148 cm³/mol. The van der Waals surface area contributed by atoms with Gasteiger partial charge in [0.15, 0.2) is 0 Å². The summed E-state index contributed by atoms with van der Waals surface area (Å²) in [7, 11) is -1.63. The van der Waals surface area contributed by atoms with Crippen LogP contribution < -0.4 is 15.1 Å². The Morgan fingerprint density at radius 2 is 1.97 bits per heavy atom. The summed E-state index contributed by atoms with van der Waals surface area (Å²) >= 11 is 11.6. The third-order valence-corrected chi connectivity index (χ3v) is 8.34. The number of anilines is 1. The molecule has 0 aliphatic carbocycles. The Balaban J connectivity index is 1.60. The van der Waals surface area contributed by atoms with E-state index in [-0.39, 0.29) is 18.4 Å². The van der Waals surface area contributed by atoms with Gasteiger partial charge in [0.05, 0.1) is 17.9 Å². The molecule has 208 valence electrons. The number of ether oxygens (including phenoxy) is 2. The highest BCUT2D eigenvalue weighted by Crippen LogP contribution is 2.44. The zero-order valence-corrected chi connectivity index (χ0v) is 24.5. The Morgan fingerprint density at radius 3 is 2.59 bits per heavy atom. The molecule has 2 atom stereocenters. The normalized spacial score (nSPS) is 18.3. The second-order valence-corrected chi connectivity index (χ2v) is 12.1. The van der Waals surface area contributed by atoms with Crippen molar-refractivity contribution in [2.75, 3.05) is 49.4 Å². The lowest BCUT2D eigenvalue weighted by Gasteiger charge is -2.39. The first kappa shape index (κ1) is 30.2. The zero-order valence-electron chi connectivity index (χ0n) is 22.1. The van der Waals surface area contributed by atoms with Gasteiger partial charge in [0, 0.05) is 68.9 Å². The fourth-order valence-electron chi connectivity index (χ4n) is 4.34. The maximum Gasteiger partial charge on any atom is 0.340 e. The van der Waals surface area contributed by atoms with Crippen molar-refractivity contribution in [2.24, 2.45) is 12.6 Å². The van der Waals surface area contributed by atoms with Crippen LogP contribution in [0.4, 0.5) is 5.69 Å². The van der Waals surface area contributed by atoms with Crippen molar-refractivity contribution >= 4 is 36.6 Å². The number of benzene rings is 1. The van der Waals surface area contributed by atoms with Crippen molar-refractivity contribution in [3.8, 4) is 5.75 Å². The van der Waals surface area contributed by atoms with E-state index in [9.17, 15) is 4.57 Å². The van der Waals surface area contributed by atoms with Crippen LogP contribution in [-0.4, -0.2) is 70.5 Å². The van der Waals surface area contributed by atoms with Gasteiger partial charge >= 0.3 is 7.67 Å². The molecule has 0 fully saturated rings. The van der Waals surface area contributed by atoms with E-state index in [1.54, 1.807) is 4.68 Å². The molecule has 2 N–H and O–H groups in total. The minimum absolute atomic E-state index is 0.110. The van der Waals surface area contributed by atoms with Gasteiger partial charge in [0.25, 0.3) is 0 Å². The average molecular weight is 577 g/mol. The maximum atomic E-state index is 12.8. The summed E-state index contributed by atoms with van der Waals surface area (Å²) in [6, 6.07) is 6.20. The Kier molecular flexibility index (Phi) is 11.1. The van der Waals surface area contributed by atoms with Crippen LogP contribution in [-0.2, 0) is 32.9 Å². The smallest absolute Gasteiger partial charge is 0.340 e. The molecule has 13 heteroatoms. The second-order valence-electron chi connectivity index (χ2n) is 9.44. The van der Waals surface area contributed by atoms with Gasteiger partial charge in [-0.3, -0.25) is 9.25 Å². The average Bonchev–Trinajstić information content (AvgIpc) is 3.26. The number of nitrogens with zero attached hydrogens (tertiary/aromatic N) is 5. The number of hydrogen-bond donors (Lipinski definition) is 1. The molecule has 1 aliphatic rings. The molecule has 0 spiro atoms. The molecular weight excluding hydrogens is 538 g/mol. The van der Waals surface area contributed by atoms with Gasteiger partial charge in [-0.05, 0) is 51.8 Å². The number of aryl methyl sites for hydroxylation is 2. The molecule has 2 aromatic rings. The number of rotatable bonds is 15. The summed E-state index contributed by atoms with van der Waals surface area (Å²) in [4.78, 5) is 2.33. The van der Waals surface area contributed by atoms with Crippen LogP contribution in [0.25, 0.3) is 0 Å². The Labute approximate surface area is 229 Å². The number of halogens is 2. The molecule has 10 nitrogen and oxygen atoms in total. The van der Waals surface area contributed by atoms with Crippen molar-refractivity contribution in [3.05, 3.63) is 35.7 Å². The molecule has 2 unspecified atom stereocenters. The summed E-state index contributed by atoms with van der Waals surface area (Å²) in [6.45, 7) is 8.74. The molecule has 2 heterocycles. The molecule has 3 rings (SSSR count). The molecule has 0 radical (unpaired) electrons. The van der Waals surface area contributed by atoms with Crippen LogP contribution >= 0.6 is 30.9 Å².